The van der Waals surface area contributed by atoms with Crippen molar-refractivity contribution < 1.29 is 14.3 Å². The third kappa shape index (κ3) is 4.07. The molecule has 2 aliphatic heterocycles. The van der Waals surface area contributed by atoms with E-state index in [0.717, 1.165) is 0 Å². The minimum absolute atomic E-state index is 0.0819. The first kappa shape index (κ1) is 19.7. The van der Waals surface area contributed by atoms with Gasteiger partial charge in [0.2, 0.25) is 17.8 Å². The number of anilines is 4. The Labute approximate surface area is 176 Å². The van der Waals surface area contributed by atoms with E-state index >= 15 is 0 Å². The number of halogens is 2. The average molecular weight is 437 g/mol. The van der Waals surface area contributed by atoms with E-state index in [0.29, 0.717) is 53.5 Å². The van der Waals surface area contributed by atoms with Gasteiger partial charge in [-0.1, -0.05) is 23.2 Å². The maximum Gasteiger partial charge on any atom is 0.232 e. The number of rotatable bonds is 3. The lowest BCUT2D eigenvalue weighted by molar-refractivity contribution is -0.123. The van der Waals surface area contributed by atoms with Crippen LogP contribution < -0.4 is 21.3 Å². The van der Waals surface area contributed by atoms with Crippen LogP contribution in [0.15, 0.2) is 18.2 Å². The quantitative estimate of drug-likeness (QED) is 0.673. The topological polar surface area (TPSA) is 122 Å². The molecule has 2 aliphatic rings. The Morgan fingerprint density at radius 3 is 2.79 bits per heavy atom. The molecule has 0 radical (unpaired) electrons. The van der Waals surface area contributed by atoms with E-state index in [1.807, 2.05) is 4.90 Å². The SMILES string of the molecule is Nc1nc(N2CCOCC2)nc2c1[C@@H](C(=O)Nc1cc(Cl)ccc1Cl)CC(=O)N2. The Hall–Kier alpha value is -2.62. The van der Waals surface area contributed by atoms with E-state index in [2.05, 4.69) is 20.6 Å². The van der Waals surface area contributed by atoms with Crippen molar-refractivity contribution in [2.24, 2.45) is 0 Å². The Bertz CT molecular complexity index is 980. The third-order valence-electron chi connectivity index (χ3n) is 4.76. The van der Waals surface area contributed by atoms with Crippen LogP contribution in [0, 0.1) is 0 Å². The molecule has 11 heteroatoms. The number of carbonyl (C=O) groups is 2. The number of nitrogens with two attached hydrogens (primary N) is 1. The van der Waals surface area contributed by atoms with Crippen LogP contribution in [0.2, 0.25) is 10.0 Å². The van der Waals surface area contributed by atoms with Gasteiger partial charge in [0, 0.05) is 24.5 Å². The summed E-state index contributed by atoms with van der Waals surface area (Å²) in [6, 6.07) is 4.72. The van der Waals surface area contributed by atoms with Gasteiger partial charge in [0.05, 0.1) is 35.4 Å². The van der Waals surface area contributed by atoms with Gasteiger partial charge in [0.1, 0.15) is 11.6 Å². The number of morpholine rings is 1. The highest BCUT2D eigenvalue weighted by Crippen LogP contribution is 2.37. The van der Waals surface area contributed by atoms with E-state index in [4.69, 9.17) is 33.7 Å². The number of nitrogens with zero attached hydrogens (tertiary/aromatic N) is 3. The number of benzene rings is 1. The molecular weight excluding hydrogens is 419 g/mol. The standard InChI is InChI=1S/C18H18Cl2N6O3/c19-9-1-2-11(20)12(7-9)22-17(28)10-8-13(27)23-16-14(10)15(21)24-18(25-16)26-3-5-29-6-4-26/h1-2,7,10H,3-6,8H2,(H,22,28)(H3,21,23,24,25,27)/t10-/m0/s1. The number of amides is 2. The van der Waals surface area contributed by atoms with Crippen molar-refractivity contribution in [3.63, 3.8) is 0 Å². The molecule has 0 spiro atoms. The van der Waals surface area contributed by atoms with Gasteiger partial charge >= 0.3 is 0 Å². The van der Waals surface area contributed by atoms with Gasteiger partial charge in [-0.25, -0.2) is 0 Å². The monoisotopic (exact) mass is 436 g/mol. The van der Waals surface area contributed by atoms with Gasteiger partial charge in [-0.2, -0.15) is 9.97 Å². The summed E-state index contributed by atoms with van der Waals surface area (Å²) in [4.78, 5) is 35.9. The van der Waals surface area contributed by atoms with Crippen LogP contribution in [0.1, 0.15) is 17.9 Å². The lowest BCUT2D eigenvalue weighted by Gasteiger charge is -2.30. The molecule has 4 N–H and O–H groups in total. The fourth-order valence-electron chi connectivity index (χ4n) is 3.33. The molecule has 1 atom stereocenters. The lowest BCUT2D eigenvalue weighted by Crippen LogP contribution is -2.38. The lowest BCUT2D eigenvalue weighted by atomic mass is 9.92. The molecule has 3 heterocycles. The van der Waals surface area contributed by atoms with Gasteiger partial charge in [0.15, 0.2) is 0 Å². The van der Waals surface area contributed by atoms with Gasteiger partial charge < -0.3 is 26.0 Å². The predicted molar refractivity (Wildman–Crippen MR) is 111 cm³/mol. The van der Waals surface area contributed by atoms with Crippen LogP contribution >= 0.6 is 23.2 Å². The number of ether oxygens (including phenoxy) is 1. The predicted octanol–water partition coefficient (Wildman–Crippen LogP) is 2.27. The average Bonchev–Trinajstić information content (AvgIpc) is 2.70. The summed E-state index contributed by atoms with van der Waals surface area (Å²) < 4.78 is 5.33. The molecule has 0 aliphatic carbocycles. The zero-order valence-electron chi connectivity index (χ0n) is 15.2. The van der Waals surface area contributed by atoms with Crippen molar-refractivity contribution in [3.05, 3.63) is 33.8 Å². The van der Waals surface area contributed by atoms with Crippen molar-refractivity contribution in [1.29, 1.82) is 0 Å². The minimum Gasteiger partial charge on any atom is -0.383 e. The Kier molecular flexibility index (Phi) is 5.44. The molecule has 0 saturated carbocycles. The number of carbonyl (C=O) groups excluding carboxylic acids is 2. The number of hydrogen-bond acceptors (Lipinski definition) is 7. The van der Waals surface area contributed by atoms with Gasteiger partial charge in [-0.15, -0.1) is 0 Å². The molecule has 9 nitrogen and oxygen atoms in total. The number of nitrogens with one attached hydrogen (secondary N) is 2. The summed E-state index contributed by atoms with van der Waals surface area (Å²) in [5.41, 5.74) is 6.92. The molecular formula is C18H18Cl2N6O3. The molecule has 4 rings (SSSR count). The second kappa shape index (κ2) is 8.02. The van der Waals surface area contributed by atoms with E-state index in [9.17, 15) is 9.59 Å². The van der Waals surface area contributed by atoms with E-state index < -0.39 is 11.8 Å². The van der Waals surface area contributed by atoms with Gasteiger partial charge in [0.25, 0.3) is 0 Å². The summed E-state index contributed by atoms with van der Waals surface area (Å²) in [7, 11) is 0. The largest absolute Gasteiger partial charge is 0.383 e. The van der Waals surface area contributed by atoms with Crippen LogP contribution in [-0.2, 0) is 14.3 Å². The molecule has 1 fully saturated rings. The molecule has 2 aromatic rings. The normalized spacial score (nSPS) is 18.8. The summed E-state index contributed by atoms with van der Waals surface area (Å²) in [5, 5.41) is 6.16. The summed E-state index contributed by atoms with van der Waals surface area (Å²) >= 11 is 12.1. The zero-order valence-corrected chi connectivity index (χ0v) is 16.8. The fraction of sp³-hybridized carbons (Fsp3) is 0.333. The molecule has 0 unspecified atom stereocenters. The molecule has 1 saturated heterocycles. The summed E-state index contributed by atoms with van der Waals surface area (Å²) in [5.74, 6) is -0.849. The number of hydrogen-bond donors (Lipinski definition) is 3. The first-order chi connectivity index (χ1) is 13.9. The molecule has 2 amide bonds. The van der Waals surface area contributed by atoms with Crippen LogP contribution in [0.4, 0.5) is 23.3 Å². The Balaban J connectivity index is 1.65. The molecule has 0 bridgehead atoms. The highest BCUT2D eigenvalue weighted by Gasteiger charge is 2.35. The zero-order chi connectivity index (χ0) is 20.5. The van der Waals surface area contributed by atoms with E-state index in [1.54, 1.807) is 12.1 Å². The minimum atomic E-state index is -0.854. The first-order valence-corrected chi connectivity index (χ1v) is 9.74. The van der Waals surface area contributed by atoms with Crippen LogP contribution in [-0.4, -0.2) is 48.1 Å². The highest BCUT2D eigenvalue weighted by molar-refractivity contribution is 6.35. The van der Waals surface area contributed by atoms with E-state index in [1.165, 1.54) is 6.07 Å². The summed E-state index contributed by atoms with van der Waals surface area (Å²) in [6.45, 7) is 2.34. The van der Waals surface area contributed by atoms with Crippen molar-refractivity contribution in [3.8, 4) is 0 Å². The van der Waals surface area contributed by atoms with E-state index in [-0.39, 0.29) is 24.0 Å². The molecule has 29 heavy (non-hydrogen) atoms. The van der Waals surface area contributed by atoms with Crippen LogP contribution in [0.3, 0.4) is 0 Å². The number of aromatic nitrogens is 2. The fourth-order valence-corrected chi connectivity index (χ4v) is 3.66. The second-order valence-electron chi connectivity index (χ2n) is 6.69. The Morgan fingerprint density at radius 2 is 2.03 bits per heavy atom. The number of fused-ring (bicyclic) bond motifs is 1. The Morgan fingerprint density at radius 1 is 1.28 bits per heavy atom. The summed E-state index contributed by atoms with van der Waals surface area (Å²) in [6.07, 6.45) is -0.0819. The van der Waals surface area contributed by atoms with Crippen molar-refractivity contribution >= 4 is 58.3 Å². The molecule has 1 aromatic heterocycles. The first-order valence-electron chi connectivity index (χ1n) is 8.98. The van der Waals surface area contributed by atoms with Gasteiger partial charge in [-0.05, 0) is 18.2 Å². The third-order valence-corrected chi connectivity index (χ3v) is 5.32. The maximum absolute atomic E-state index is 12.9. The molecule has 1 aromatic carbocycles. The van der Waals surface area contributed by atoms with Crippen LogP contribution in [0.25, 0.3) is 0 Å². The van der Waals surface area contributed by atoms with Crippen LogP contribution in [0.5, 0.6) is 0 Å². The number of nitrogen functional groups attached to an aromatic ring is 1. The smallest absolute Gasteiger partial charge is 0.232 e. The highest BCUT2D eigenvalue weighted by atomic mass is 35.5. The van der Waals surface area contributed by atoms with Gasteiger partial charge in [-0.3, -0.25) is 9.59 Å². The van der Waals surface area contributed by atoms with Crippen molar-refractivity contribution in [1.82, 2.24) is 9.97 Å². The second-order valence-corrected chi connectivity index (χ2v) is 7.53. The maximum atomic E-state index is 12.9. The van der Waals surface area contributed by atoms with Crippen molar-refractivity contribution in [2.45, 2.75) is 12.3 Å². The van der Waals surface area contributed by atoms with Crippen molar-refractivity contribution in [2.75, 3.05) is 47.6 Å². The molecule has 152 valence electrons.